The summed E-state index contributed by atoms with van der Waals surface area (Å²) in [5.41, 5.74) is 6.19. The highest BCUT2D eigenvalue weighted by Gasteiger charge is 2.11. The van der Waals surface area contributed by atoms with Crippen molar-refractivity contribution in [3.63, 3.8) is 0 Å². The topological polar surface area (TPSA) is 123 Å². The predicted molar refractivity (Wildman–Crippen MR) is 116 cm³/mol. The molecule has 0 aromatic heterocycles. The molecule has 0 spiro atoms. The molecular formula is C21H34N2O6. The largest absolute Gasteiger partial charge is 0.493 e. The number of ether oxygens (including phenoxy) is 3. The first-order chi connectivity index (χ1) is 14.0. The number of aliphatic hydroxyl groups is 2. The smallest absolute Gasteiger partial charge is 0.239 e. The van der Waals surface area contributed by atoms with Crippen LogP contribution in [-0.2, 0) is 4.79 Å². The number of nitrogens with one attached hydrogen (secondary N) is 1. The van der Waals surface area contributed by atoms with Crippen molar-refractivity contribution in [1.29, 1.82) is 0 Å². The lowest BCUT2D eigenvalue weighted by Gasteiger charge is -2.12. The Morgan fingerprint density at radius 2 is 1.72 bits per heavy atom. The molecule has 1 aromatic carbocycles. The van der Waals surface area contributed by atoms with Gasteiger partial charge >= 0.3 is 0 Å². The SMILES string of the molecule is C/C=C\C=C/CNC(=O)[C@@H](N)CO.C=Cc1cc(OC)c(OC)c(OC)c1.CO. The maximum atomic E-state index is 11.0. The summed E-state index contributed by atoms with van der Waals surface area (Å²) in [4.78, 5) is 11.0. The standard InChI is InChI=1S/C11H14O3.C9H16N2O2.CH4O/c1-5-8-6-9(12-2)11(14-4)10(7-8)13-3;1-2-3-4-5-6-11-9(13)8(10)7-12;1-2/h5-7H,1H2,2-4H3;2-5,8,12H,6-7,10H2,1H3,(H,11,13);2H,1H3/b;3-2-,5-4-;/t;8-;/m.0./s1. The summed E-state index contributed by atoms with van der Waals surface area (Å²) in [6.45, 7) is 5.69. The van der Waals surface area contributed by atoms with Crippen LogP contribution in [0.5, 0.6) is 17.2 Å². The van der Waals surface area contributed by atoms with Gasteiger partial charge in [0.05, 0.1) is 27.9 Å². The number of aliphatic hydroxyl groups excluding tert-OH is 2. The molecule has 0 heterocycles. The molecule has 0 bridgehead atoms. The van der Waals surface area contributed by atoms with Crippen LogP contribution < -0.4 is 25.3 Å². The number of methoxy groups -OCH3 is 3. The third kappa shape index (κ3) is 11.6. The molecule has 1 atom stereocenters. The minimum absolute atomic E-state index is 0.329. The Labute approximate surface area is 173 Å². The fourth-order valence-electron chi connectivity index (χ4n) is 1.85. The van der Waals surface area contributed by atoms with E-state index < -0.39 is 6.04 Å². The average Bonchev–Trinajstić information content (AvgIpc) is 2.78. The zero-order valence-electron chi connectivity index (χ0n) is 17.8. The first-order valence-electron chi connectivity index (χ1n) is 8.78. The Kier molecular flexibility index (Phi) is 18.2. The van der Waals surface area contributed by atoms with Gasteiger partial charge in [-0.05, 0) is 24.6 Å². The van der Waals surface area contributed by atoms with Gasteiger partial charge in [0.1, 0.15) is 6.04 Å². The van der Waals surface area contributed by atoms with E-state index in [-0.39, 0.29) is 12.5 Å². The lowest BCUT2D eigenvalue weighted by molar-refractivity contribution is -0.122. The maximum absolute atomic E-state index is 11.0. The molecule has 0 aliphatic carbocycles. The lowest BCUT2D eigenvalue weighted by Crippen LogP contribution is -2.42. The van der Waals surface area contributed by atoms with Gasteiger partial charge in [-0.15, -0.1) is 0 Å². The molecule has 1 aromatic rings. The fraction of sp³-hybridized carbons (Fsp3) is 0.381. The first-order valence-corrected chi connectivity index (χ1v) is 8.78. The molecule has 0 saturated carbocycles. The van der Waals surface area contributed by atoms with E-state index in [2.05, 4.69) is 11.9 Å². The van der Waals surface area contributed by atoms with E-state index in [1.54, 1.807) is 33.5 Å². The summed E-state index contributed by atoms with van der Waals surface area (Å²) < 4.78 is 15.5. The van der Waals surface area contributed by atoms with Gasteiger partial charge in [-0.2, -0.15) is 0 Å². The van der Waals surface area contributed by atoms with Crippen molar-refractivity contribution in [2.24, 2.45) is 5.73 Å². The van der Waals surface area contributed by atoms with Crippen molar-refractivity contribution < 1.29 is 29.2 Å². The van der Waals surface area contributed by atoms with Crippen molar-refractivity contribution in [3.8, 4) is 17.2 Å². The molecule has 0 radical (unpaired) electrons. The van der Waals surface area contributed by atoms with E-state index in [9.17, 15) is 4.79 Å². The summed E-state index contributed by atoms with van der Waals surface area (Å²) in [7, 11) is 5.75. The summed E-state index contributed by atoms with van der Waals surface area (Å²) in [6, 6.07) is 2.86. The first kappa shape index (κ1) is 28.4. The second-order valence-corrected chi connectivity index (χ2v) is 5.15. The lowest BCUT2D eigenvalue weighted by atomic mass is 10.2. The molecule has 8 nitrogen and oxygen atoms in total. The van der Waals surface area contributed by atoms with Gasteiger partial charge in [-0.3, -0.25) is 4.79 Å². The second-order valence-electron chi connectivity index (χ2n) is 5.15. The number of nitrogens with two attached hydrogens (primary N) is 1. The van der Waals surface area contributed by atoms with Crippen LogP contribution in [0.2, 0.25) is 0 Å². The van der Waals surface area contributed by atoms with Crippen molar-refractivity contribution in [2.75, 3.05) is 41.6 Å². The molecular weight excluding hydrogens is 376 g/mol. The number of hydrogen-bond acceptors (Lipinski definition) is 7. The zero-order chi connectivity index (χ0) is 22.7. The zero-order valence-corrected chi connectivity index (χ0v) is 17.8. The molecule has 0 aliphatic heterocycles. The third-order valence-corrected chi connectivity index (χ3v) is 3.29. The van der Waals surface area contributed by atoms with Crippen LogP contribution in [0.3, 0.4) is 0 Å². The number of benzene rings is 1. The van der Waals surface area contributed by atoms with Crippen molar-refractivity contribution in [3.05, 3.63) is 48.6 Å². The average molecular weight is 411 g/mol. The van der Waals surface area contributed by atoms with Gasteiger partial charge < -0.3 is 35.5 Å². The van der Waals surface area contributed by atoms with Crippen LogP contribution in [0.25, 0.3) is 6.08 Å². The Hall–Kier alpha value is -2.81. The summed E-state index contributed by atoms with van der Waals surface area (Å²) in [5.74, 6) is 1.54. The van der Waals surface area contributed by atoms with Gasteiger partial charge in [0.2, 0.25) is 11.7 Å². The highest BCUT2D eigenvalue weighted by Crippen LogP contribution is 2.38. The molecule has 0 unspecified atom stereocenters. The van der Waals surface area contributed by atoms with E-state index in [0.717, 1.165) is 12.7 Å². The molecule has 0 saturated heterocycles. The Morgan fingerprint density at radius 3 is 2.10 bits per heavy atom. The number of hydrogen-bond donors (Lipinski definition) is 4. The number of amides is 1. The van der Waals surface area contributed by atoms with Gasteiger partial charge in [0.25, 0.3) is 0 Å². The highest BCUT2D eigenvalue weighted by molar-refractivity contribution is 5.81. The van der Waals surface area contributed by atoms with Gasteiger partial charge in [0, 0.05) is 13.7 Å². The Bertz CT molecular complexity index is 619. The number of allylic oxidation sites excluding steroid dienone is 3. The normalized spacial score (nSPS) is 10.9. The van der Waals surface area contributed by atoms with Crippen LogP contribution in [0.4, 0.5) is 0 Å². The summed E-state index contributed by atoms with van der Waals surface area (Å²) in [5, 5.41) is 18.1. The van der Waals surface area contributed by atoms with E-state index in [1.807, 2.05) is 37.3 Å². The van der Waals surface area contributed by atoms with Crippen LogP contribution in [0.1, 0.15) is 12.5 Å². The number of carbonyl (C=O) groups is 1. The highest BCUT2D eigenvalue weighted by atomic mass is 16.5. The molecule has 1 amide bonds. The van der Waals surface area contributed by atoms with Gasteiger partial charge in [-0.1, -0.05) is 37.0 Å². The van der Waals surface area contributed by atoms with Crippen LogP contribution in [-0.4, -0.2) is 63.8 Å². The monoisotopic (exact) mass is 410 g/mol. The molecule has 0 aliphatic rings. The maximum Gasteiger partial charge on any atom is 0.239 e. The van der Waals surface area contributed by atoms with Crippen molar-refractivity contribution in [1.82, 2.24) is 5.32 Å². The number of carbonyl (C=O) groups excluding carboxylic acids is 1. The van der Waals surface area contributed by atoms with Crippen LogP contribution in [0.15, 0.2) is 43.0 Å². The Balaban J connectivity index is 0. The molecule has 1 rings (SSSR count). The second kappa shape index (κ2) is 18.5. The summed E-state index contributed by atoms with van der Waals surface area (Å²) in [6.07, 6.45) is 9.09. The molecule has 29 heavy (non-hydrogen) atoms. The van der Waals surface area contributed by atoms with Crippen molar-refractivity contribution >= 4 is 12.0 Å². The molecule has 5 N–H and O–H groups in total. The van der Waals surface area contributed by atoms with Crippen LogP contribution >= 0.6 is 0 Å². The van der Waals surface area contributed by atoms with Crippen LogP contribution in [0, 0.1) is 0 Å². The van der Waals surface area contributed by atoms with E-state index in [0.29, 0.717) is 23.8 Å². The summed E-state index contributed by atoms with van der Waals surface area (Å²) >= 11 is 0. The quantitative estimate of drug-likeness (QED) is 0.455. The Morgan fingerprint density at radius 1 is 1.17 bits per heavy atom. The van der Waals surface area contributed by atoms with Crippen molar-refractivity contribution in [2.45, 2.75) is 13.0 Å². The van der Waals surface area contributed by atoms with E-state index in [1.165, 1.54) is 0 Å². The minimum atomic E-state index is -0.824. The van der Waals surface area contributed by atoms with E-state index in [4.69, 9.17) is 30.2 Å². The molecule has 8 heteroatoms. The van der Waals surface area contributed by atoms with Gasteiger partial charge in [0.15, 0.2) is 11.5 Å². The fourth-order valence-corrected chi connectivity index (χ4v) is 1.85. The number of rotatable bonds is 9. The van der Waals surface area contributed by atoms with E-state index >= 15 is 0 Å². The predicted octanol–water partition coefficient (Wildman–Crippen LogP) is 1.52. The van der Waals surface area contributed by atoms with Gasteiger partial charge in [-0.25, -0.2) is 0 Å². The molecule has 164 valence electrons. The minimum Gasteiger partial charge on any atom is -0.493 e. The molecule has 0 fully saturated rings. The third-order valence-electron chi connectivity index (χ3n) is 3.29.